The number of aromatic nitrogens is 4. The average Bonchev–Trinajstić information content (AvgIpc) is 3.14. The zero-order valence-electron chi connectivity index (χ0n) is 18.8. The molecule has 0 radical (unpaired) electrons. The monoisotopic (exact) mass is 441 g/mol. The SMILES string of the molecule is Cc1cc(C)c(SCCC2CCCCN2)c(Cn2c(=O)c3c(ncn3C)n(C)c2=O)c1. The first-order valence-electron chi connectivity index (χ1n) is 10.9. The first-order valence-corrected chi connectivity index (χ1v) is 11.9. The lowest BCUT2D eigenvalue weighted by molar-refractivity contribution is 0.395. The largest absolute Gasteiger partial charge is 0.332 e. The standard InChI is InChI=1S/C23H31N5O2S/c1-15-11-16(2)20(31-10-8-18-7-5-6-9-24-18)17(12-15)13-28-22(29)19-21(25-14-26(19)3)27(4)23(28)30/h11-12,14,18,24H,5-10,13H2,1-4H3. The Hall–Kier alpha value is -2.32. The van der Waals surface area contributed by atoms with Crippen molar-refractivity contribution in [3.63, 3.8) is 0 Å². The molecule has 1 fully saturated rings. The van der Waals surface area contributed by atoms with E-state index in [-0.39, 0.29) is 17.8 Å². The molecular weight excluding hydrogens is 410 g/mol. The predicted octanol–water partition coefficient (Wildman–Crippen LogP) is 2.72. The number of hydrogen-bond donors (Lipinski definition) is 1. The number of thioether (sulfide) groups is 1. The number of aryl methyl sites for hydroxylation is 4. The van der Waals surface area contributed by atoms with E-state index in [0.29, 0.717) is 17.2 Å². The lowest BCUT2D eigenvalue weighted by atomic mass is 10.0. The van der Waals surface area contributed by atoms with Gasteiger partial charge in [-0.2, -0.15) is 0 Å². The first-order chi connectivity index (χ1) is 14.9. The van der Waals surface area contributed by atoms with Crippen LogP contribution in [0, 0.1) is 13.8 Å². The molecule has 0 aliphatic carbocycles. The second kappa shape index (κ2) is 9.04. The zero-order valence-corrected chi connectivity index (χ0v) is 19.6. The summed E-state index contributed by atoms with van der Waals surface area (Å²) >= 11 is 1.84. The van der Waals surface area contributed by atoms with E-state index in [1.807, 2.05) is 11.8 Å². The van der Waals surface area contributed by atoms with E-state index in [1.54, 1.807) is 25.0 Å². The van der Waals surface area contributed by atoms with Crippen molar-refractivity contribution in [2.75, 3.05) is 12.3 Å². The lowest BCUT2D eigenvalue weighted by Crippen LogP contribution is -2.40. The molecule has 0 amide bonds. The van der Waals surface area contributed by atoms with Crippen molar-refractivity contribution >= 4 is 22.9 Å². The number of piperidine rings is 1. The Morgan fingerprint density at radius 3 is 2.74 bits per heavy atom. The minimum atomic E-state index is -0.335. The molecule has 7 nitrogen and oxygen atoms in total. The molecule has 1 aromatic carbocycles. The van der Waals surface area contributed by atoms with Crippen LogP contribution >= 0.6 is 11.8 Å². The van der Waals surface area contributed by atoms with Crippen molar-refractivity contribution < 1.29 is 0 Å². The Bertz CT molecular complexity index is 1220. The number of benzene rings is 1. The number of nitrogens with one attached hydrogen (secondary N) is 1. The fourth-order valence-electron chi connectivity index (χ4n) is 4.55. The van der Waals surface area contributed by atoms with Crippen LogP contribution in [0.15, 0.2) is 32.9 Å². The molecular formula is C23H31N5O2S. The number of fused-ring (bicyclic) bond motifs is 1. The molecule has 3 aromatic rings. The van der Waals surface area contributed by atoms with Crippen molar-refractivity contribution in [3.05, 3.63) is 56.0 Å². The third-order valence-electron chi connectivity index (χ3n) is 6.15. The lowest BCUT2D eigenvalue weighted by Gasteiger charge is -2.23. The Morgan fingerprint density at radius 2 is 2.00 bits per heavy atom. The molecule has 166 valence electrons. The average molecular weight is 442 g/mol. The molecule has 0 spiro atoms. The van der Waals surface area contributed by atoms with Crippen molar-refractivity contribution in [2.45, 2.75) is 57.0 Å². The first kappa shape index (κ1) is 21.9. The molecule has 0 saturated carbocycles. The highest BCUT2D eigenvalue weighted by atomic mass is 32.2. The maximum atomic E-state index is 13.2. The van der Waals surface area contributed by atoms with E-state index < -0.39 is 0 Å². The van der Waals surface area contributed by atoms with Crippen LogP contribution in [-0.4, -0.2) is 37.0 Å². The highest BCUT2D eigenvalue weighted by Crippen LogP contribution is 2.30. The molecule has 31 heavy (non-hydrogen) atoms. The van der Waals surface area contributed by atoms with Crippen LogP contribution in [0.25, 0.3) is 11.2 Å². The third kappa shape index (κ3) is 4.36. The van der Waals surface area contributed by atoms with Gasteiger partial charge in [0, 0.05) is 25.0 Å². The smallest absolute Gasteiger partial charge is 0.328 e. The number of nitrogens with zero attached hydrogens (tertiary/aromatic N) is 4. The van der Waals surface area contributed by atoms with E-state index in [1.165, 1.54) is 38.9 Å². The van der Waals surface area contributed by atoms with Crippen LogP contribution in [0.5, 0.6) is 0 Å². The van der Waals surface area contributed by atoms with Crippen LogP contribution < -0.4 is 16.6 Å². The third-order valence-corrected chi connectivity index (χ3v) is 7.46. The summed E-state index contributed by atoms with van der Waals surface area (Å²) in [6.45, 7) is 5.55. The van der Waals surface area contributed by atoms with Crippen LogP contribution in [0.1, 0.15) is 42.4 Å². The van der Waals surface area contributed by atoms with E-state index in [2.05, 4.69) is 36.3 Å². The number of imidazole rings is 1. The predicted molar refractivity (Wildman–Crippen MR) is 126 cm³/mol. The van der Waals surface area contributed by atoms with Gasteiger partial charge >= 0.3 is 5.69 Å². The maximum absolute atomic E-state index is 13.2. The summed E-state index contributed by atoms with van der Waals surface area (Å²) in [7, 11) is 3.45. The summed E-state index contributed by atoms with van der Waals surface area (Å²) in [5.41, 5.74) is 3.60. The molecule has 4 rings (SSSR count). The fourth-order valence-corrected chi connectivity index (χ4v) is 5.75. The Morgan fingerprint density at radius 1 is 1.19 bits per heavy atom. The van der Waals surface area contributed by atoms with Gasteiger partial charge in [0.15, 0.2) is 11.2 Å². The summed E-state index contributed by atoms with van der Waals surface area (Å²) in [6, 6.07) is 4.88. The second-order valence-electron chi connectivity index (χ2n) is 8.61. The number of rotatable bonds is 6. The highest BCUT2D eigenvalue weighted by molar-refractivity contribution is 7.99. The van der Waals surface area contributed by atoms with Crippen molar-refractivity contribution in [2.24, 2.45) is 14.1 Å². The molecule has 1 saturated heterocycles. The van der Waals surface area contributed by atoms with Crippen LogP contribution in [-0.2, 0) is 20.6 Å². The maximum Gasteiger partial charge on any atom is 0.332 e. The van der Waals surface area contributed by atoms with E-state index in [9.17, 15) is 9.59 Å². The molecule has 2 aromatic heterocycles. The minimum Gasteiger partial charge on any atom is -0.328 e. The van der Waals surface area contributed by atoms with Crippen molar-refractivity contribution in [3.8, 4) is 0 Å². The Labute approximate surface area is 186 Å². The Kier molecular flexibility index (Phi) is 6.39. The quantitative estimate of drug-likeness (QED) is 0.596. The van der Waals surface area contributed by atoms with Gasteiger partial charge in [-0.05, 0) is 56.5 Å². The van der Waals surface area contributed by atoms with Gasteiger partial charge < -0.3 is 9.88 Å². The topological polar surface area (TPSA) is 73.8 Å². The molecule has 1 unspecified atom stereocenters. The van der Waals surface area contributed by atoms with Gasteiger partial charge in [0.2, 0.25) is 0 Å². The van der Waals surface area contributed by atoms with Gasteiger partial charge in [0.1, 0.15) is 0 Å². The van der Waals surface area contributed by atoms with Gasteiger partial charge in [0.05, 0.1) is 12.9 Å². The van der Waals surface area contributed by atoms with Gasteiger partial charge in [-0.3, -0.25) is 13.9 Å². The zero-order chi connectivity index (χ0) is 22.1. The normalized spacial score (nSPS) is 16.8. The highest BCUT2D eigenvalue weighted by Gasteiger charge is 2.18. The molecule has 0 bridgehead atoms. The van der Waals surface area contributed by atoms with Crippen LogP contribution in [0.3, 0.4) is 0 Å². The summed E-state index contributed by atoms with van der Waals surface area (Å²) in [5.74, 6) is 1.02. The van der Waals surface area contributed by atoms with E-state index in [0.717, 1.165) is 29.8 Å². The fraction of sp³-hybridized carbons (Fsp3) is 0.522. The molecule has 1 atom stereocenters. The molecule has 1 aliphatic heterocycles. The molecule has 1 aliphatic rings. The number of hydrogen-bond acceptors (Lipinski definition) is 5. The van der Waals surface area contributed by atoms with E-state index in [4.69, 9.17) is 0 Å². The second-order valence-corrected chi connectivity index (χ2v) is 9.72. The van der Waals surface area contributed by atoms with Gasteiger partial charge in [-0.1, -0.05) is 24.1 Å². The van der Waals surface area contributed by atoms with Gasteiger partial charge in [-0.15, -0.1) is 11.8 Å². The van der Waals surface area contributed by atoms with Crippen LogP contribution in [0.2, 0.25) is 0 Å². The van der Waals surface area contributed by atoms with Crippen molar-refractivity contribution in [1.29, 1.82) is 0 Å². The van der Waals surface area contributed by atoms with Crippen molar-refractivity contribution in [1.82, 2.24) is 24.0 Å². The van der Waals surface area contributed by atoms with Crippen LogP contribution in [0.4, 0.5) is 0 Å². The van der Waals surface area contributed by atoms with Gasteiger partial charge in [0.25, 0.3) is 5.56 Å². The Balaban J connectivity index is 1.66. The summed E-state index contributed by atoms with van der Waals surface area (Å²) < 4.78 is 4.48. The van der Waals surface area contributed by atoms with E-state index >= 15 is 0 Å². The molecule has 8 heteroatoms. The minimum absolute atomic E-state index is 0.263. The summed E-state index contributed by atoms with van der Waals surface area (Å²) in [5, 5.41) is 3.61. The van der Waals surface area contributed by atoms with Gasteiger partial charge in [-0.25, -0.2) is 9.78 Å². The molecule has 1 N–H and O–H groups in total. The summed E-state index contributed by atoms with van der Waals surface area (Å²) in [4.78, 5) is 31.5. The summed E-state index contributed by atoms with van der Waals surface area (Å²) in [6.07, 6.45) is 6.53. The molecule has 3 heterocycles.